The topological polar surface area (TPSA) is 88.2 Å². The maximum Gasteiger partial charge on any atom is 0.319 e. The van der Waals surface area contributed by atoms with Gasteiger partial charge in [0.1, 0.15) is 0 Å². The van der Waals surface area contributed by atoms with Crippen molar-refractivity contribution < 1.29 is 13.2 Å². The minimum atomic E-state index is -3.49. The molecule has 1 aromatic heterocycles. The molecule has 0 aliphatic carbocycles. The van der Waals surface area contributed by atoms with E-state index in [2.05, 4.69) is 15.6 Å². The number of carbonyl (C=O) groups is 1. The zero-order chi connectivity index (χ0) is 17.7. The number of amides is 2. The fourth-order valence-corrected chi connectivity index (χ4v) is 3.33. The number of nitrogens with zero attached hydrogens (tertiary/aromatic N) is 1. The molecule has 24 heavy (non-hydrogen) atoms. The highest BCUT2D eigenvalue weighted by Gasteiger charge is 2.23. The van der Waals surface area contributed by atoms with Crippen molar-refractivity contribution in [3.63, 3.8) is 0 Å². The zero-order valence-corrected chi connectivity index (χ0v) is 14.7. The fourth-order valence-electron chi connectivity index (χ4n) is 2.13. The summed E-state index contributed by atoms with van der Waals surface area (Å²) in [5.74, 6) is 0. The van der Waals surface area contributed by atoms with E-state index in [1.807, 2.05) is 12.1 Å². The molecule has 0 aliphatic rings. The van der Waals surface area contributed by atoms with Gasteiger partial charge >= 0.3 is 6.03 Å². The summed E-state index contributed by atoms with van der Waals surface area (Å²) in [6.45, 7) is 5.02. The van der Waals surface area contributed by atoms with Crippen molar-refractivity contribution >= 4 is 21.6 Å². The van der Waals surface area contributed by atoms with Crippen molar-refractivity contribution in [3.8, 4) is 0 Å². The second kappa shape index (κ2) is 7.44. The van der Waals surface area contributed by atoms with Crippen molar-refractivity contribution in [2.45, 2.75) is 37.0 Å². The molecule has 0 aliphatic heterocycles. The molecule has 2 rings (SSSR count). The smallest absolute Gasteiger partial charge is 0.319 e. The summed E-state index contributed by atoms with van der Waals surface area (Å²) in [5, 5.41) is 4.79. The quantitative estimate of drug-likeness (QED) is 0.869. The van der Waals surface area contributed by atoms with E-state index in [1.165, 1.54) is 6.07 Å². The van der Waals surface area contributed by atoms with Gasteiger partial charge < -0.3 is 10.6 Å². The molecule has 0 saturated carbocycles. The third kappa shape index (κ3) is 4.11. The molecule has 6 nitrogen and oxygen atoms in total. The number of hydrogen-bond acceptors (Lipinski definition) is 4. The molecule has 0 bridgehead atoms. The van der Waals surface area contributed by atoms with Gasteiger partial charge in [0.15, 0.2) is 9.84 Å². The summed E-state index contributed by atoms with van der Waals surface area (Å²) in [7, 11) is -3.49. The highest BCUT2D eigenvalue weighted by atomic mass is 32.2. The van der Waals surface area contributed by atoms with Crippen LogP contribution in [0.1, 0.15) is 32.5 Å². The first-order valence-electron chi connectivity index (χ1n) is 7.63. The third-order valence-electron chi connectivity index (χ3n) is 3.54. The zero-order valence-electron chi connectivity index (χ0n) is 13.9. The van der Waals surface area contributed by atoms with E-state index < -0.39 is 21.1 Å². The van der Waals surface area contributed by atoms with Crippen LogP contribution < -0.4 is 10.6 Å². The van der Waals surface area contributed by atoms with Crippen LogP contribution in [0.25, 0.3) is 0 Å². The first kappa shape index (κ1) is 17.9. The SMILES string of the molecule is CC(NC(=O)Nc1ccccc1S(=O)(=O)C(C)C)c1ccccn1. The van der Waals surface area contributed by atoms with Crippen LogP contribution in [0.2, 0.25) is 0 Å². The first-order chi connectivity index (χ1) is 11.3. The van der Waals surface area contributed by atoms with Gasteiger partial charge in [-0.1, -0.05) is 18.2 Å². The largest absolute Gasteiger partial charge is 0.330 e. The van der Waals surface area contributed by atoms with Crippen molar-refractivity contribution in [1.82, 2.24) is 10.3 Å². The van der Waals surface area contributed by atoms with Crippen molar-refractivity contribution in [2.75, 3.05) is 5.32 Å². The van der Waals surface area contributed by atoms with E-state index in [-0.39, 0.29) is 16.6 Å². The number of rotatable bonds is 5. The highest BCUT2D eigenvalue weighted by Crippen LogP contribution is 2.24. The summed E-state index contributed by atoms with van der Waals surface area (Å²) in [4.78, 5) is 16.5. The molecule has 1 aromatic carbocycles. The summed E-state index contributed by atoms with van der Waals surface area (Å²) >= 11 is 0. The Morgan fingerprint density at radius 2 is 1.71 bits per heavy atom. The van der Waals surface area contributed by atoms with E-state index in [9.17, 15) is 13.2 Å². The van der Waals surface area contributed by atoms with E-state index in [4.69, 9.17) is 0 Å². The van der Waals surface area contributed by atoms with Crippen LogP contribution in [-0.4, -0.2) is 24.7 Å². The van der Waals surface area contributed by atoms with Gasteiger partial charge in [0.2, 0.25) is 0 Å². The Balaban J connectivity index is 2.16. The monoisotopic (exact) mass is 347 g/mol. The number of hydrogen-bond donors (Lipinski definition) is 2. The van der Waals surface area contributed by atoms with Gasteiger partial charge in [0.25, 0.3) is 0 Å². The number of para-hydroxylation sites is 1. The van der Waals surface area contributed by atoms with Crippen molar-refractivity contribution in [2.24, 2.45) is 0 Å². The van der Waals surface area contributed by atoms with Crippen molar-refractivity contribution in [1.29, 1.82) is 0 Å². The lowest BCUT2D eigenvalue weighted by molar-refractivity contribution is 0.249. The van der Waals surface area contributed by atoms with E-state index in [1.54, 1.807) is 51.2 Å². The van der Waals surface area contributed by atoms with E-state index in [0.29, 0.717) is 0 Å². The molecule has 1 atom stereocenters. The Morgan fingerprint density at radius 3 is 2.33 bits per heavy atom. The maximum atomic E-state index is 12.4. The molecule has 2 N–H and O–H groups in total. The number of urea groups is 1. The number of benzene rings is 1. The molecule has 128 valence electrons. The molecular formula is C17H21N3O3S. The average molecular weight is 347 g/mol. The predicted octanol–water partition coefficient (Wildman–Crippen LogP) is 3.15. The van der Waals surface area contributed by atoms with E-state index >= 15 is 0 Å². The van der Waals surface area contributed by atoms with Crippen LogP contribution in [0.5, 0.6) is 0 Å². The molecule has 0 fully saturated rings. The summed E-state index contributed by atoms with van der Waals surface area (Å²) in [5.41, 5.74) is 0.979. The predicted molar refractivity (Wildman–Crippen MR) is 93.6 cm³/mol. The molecule has 0 saturated heterocycles. The number of nitrogens with one attached hydrogen (secondary N) is 2. The van der Waals surface area contributed by atoms with Crippen LogP contribution in [0, 0.1) is 0 Å². The van der Waals surface area contributed by atoms with Crippen LogP contribution in [0.3, 0.4) is 0 Å². The molecular weight excluding hydrogens is 326 g/mol. The number of aromatic nitrogens is 1. The Bertz CT molecular complexity index is 805. The standard InChI is InChI=1S/C17H21N3O3S/c1-12(2)24(22,23)16-10-5-4-9-15(16)20-17(21)19-13(3)14-8-6-7-11-18-14/h4-13H,1-3H3,(H2,19,20,21). The van der Waals surface area contributed by atoms with Crippen LogP contribution in [-0.2, 0) is 9.84 Å². The summed E-state index contributed by atoms with van der Waals surface area (Å²) in [6, 6.07) is 11.0. The minimum absolute atomic E-state index is 0.112. The highest BCUT2D eigenvalue weighted by molar-refractivity contribution is 7.92. The van der Waals surface area contributed by atoms with Gasteiger partial charge in [-0.25, -0.2) is 13.2 Å². The molecule has 1 heterocycles. The Labute approximate surface area is 142 Å². The van der Waals surface area contributed by atoms with E-state index in [0.717, 1.165) is 5.69 Å². The number of carbonyl (C=O) groups excluding carboxylic acids is 1. The van der Waals surface area contributed by atoms with Gasteiger partial charge in [0, 0.05) is 6.20 Å². The number of pyridine rings is 1. The first-order valence-corrected chi connectivity index (χ1v) is 9.18. The van der Waals surface area contributed by atoms with Gasteiger partial charge in [-0.05, 0) is 45.0 Å². The maximum absolute atomic E-state index is 12.4. The molecule has 7 heteroatoms. The van der Waals surface area contributed by atoms with Crippen LogP contribution in [0.4, 0.5) is 10.5 Å². The Morgan fingerprint density at radius 1 is 1.04 bits per heavy atom. The molecule has 2 aromatic rings. The molecule has 1 unspecified atom stereocenters. The Kier molecular flexibility index (Phi) is 5.56. The normalized spacial score (nSPS) is 12.7. The number of anilines is 1. The third-order valence-corrected chi connectivity index (χ3v) is 5.75. The lowest BCUT2D eigenvalue weighted by atomic mass is 10.2. The molecule has 0 spiro atoms. The summed E-state index contributed by atoms with van der Waals surface area (Å²) in [6.07, 6.45) is 1.65. The lowest BCUT2D eigenvalue weighted by Crippen LogP contribution is -2.32. The lowest BCUT2D eigenvalue weighted by Gasteiger charge is -2.16. The van der Waals surface area contributed by atoms with Gasteiger partial charge in [-0.15, -0.1) is 0 Å². The van der Waals surface area contributed by atoms with Gasteiger partial charge in [-0.2, -0.15) is 0 Å². The molecule has 2 amide bonds. The average Bonchev–Trinajstić information content (AvgIpc) is 2.55. The second-order valence-electron chi connectivity index (χ2n) is 5.66. The van der Waals surface area contributed by atoms with Gasteiger partial charge in [-0.3, -0.25) is 4.98 Å². The minimum Gasteiger partial charge on any atom is -0.330 e. The van der Waals surface area contributed by atoms with Gasteiger partial charge in [0.05, 0.1) is 27.6 Å². The van der Waals surface area contributed by atoms with Crippen LogP contribution in [0.15, 0.2) is 53.6 Å². The second-order valence-corrected chi connectivity index (χ2v) is 8.14. The Hall–Kier alpha value is -2.41. The number of sulfone groups is 1. The van der Waals surface area contributed by atoms with Crippen molar-refractivity contribution in [3.05, 3.63) is 54.4 Å². The fraction of sp³-hybridized carbons (Fsp3) is 0.294. The van der Waals surface area contributed by atoms with Crippen LogP contribution >= 0.6 is 0 Å². The summed E-state index contributed by atoms with van der Waals surface area (Å²) < 4.78 is 24.8. The molecule has 0 radical (unpaired) electrons.